The zero-order chi connectivity index (χ0) is 19.1. The maximum absolute atomic E-state index is 13.9. The molecule has 27 heavy (non-hydrogen) atoms. The molecule has 0 radical (unpaired) electrons. The number of piperidine rings is 1. The number of carbonyl (C=O) groups excluding carboxylic acids is 1. The van der Waals surface area contributed by atoms with Crippen LogP contribution in [0.5, 0.6) is 0 Å². The molecule has 1 amide bonds. The molecule has 2 rings (SSSR count). The fourth-order valence-electron chi connectivity index (χ4n) is 3.42. The van der Waals surface area contributed by atoms with Crippen LogP contribution in [0.4, 0.5) is 4.39 Å². The molecule has 6 nitrogen and oxygen atoms in total. The van der Waals surface area contributed by atoms with E-state index in [1.165, 1.54) is 6.07 Å². The summed E-state index contributed by atoms with van der Waals surface area (Å²) in [5.74, 6) is 0.645. The fraction of sp³-hybridized carbons (Fsp3) is 0.579. The Hall–Kier alpha value is -1.42. The number of amides is 1. The van der Waals surface area contributed by atoms with E-state index in [-0.39, 0.29) is 41.6 Å². The summed E-state index contributed by atoms with van der Waals surface area (Å²) in [7, 11) is 5.60. The van der Waals surface area contributed by atoms with Crippen LogP contribution in [-0.2, 0) is 17.9 Å². The van der Waals surface area contributed by atoms with Gasteiger partial charge in [0.05, 0.1) is 0 Å². The third-order valence-corrected chi connectivity index (χ3v) is 4.57. The van der Waals surface area contributed by atoms with Crippen LogP contribution < -0.4 is 11.1 Å². The van der Waals surface area contributed by atoms with Crippen molar-refractivity contribution in [1.82, 2.24) is 15.1 Å². The van der Waals surface area contributed by atoms with Gasteiger partial charge in [0, 0.05) is 45.2 Å². The Balaban J connectivity index is 0.00000364. The number of guanidine groups is 1. The van der Waals surface area contributed by atoms with E-state index >= 15 is 0 Å². The number of aliphatic imine (C=N–C) groups is 1. The number of hydrogen-bond acceptors (Lipinski definition) is 3. The molecule has 1 heterocycles. The van der Waals surface area contributed by atoms with Gasteiger partial charge in [0.25, 0.3) is 0 Å². The molecule has 8 heteroatoms. The normalized spacial score (nSPS) is 17.6. The van der Waals surface area contributed by atoms with Crippen molar-refractivity contribution in [3.05, 3.63) is 35.1 Å². The average molecular weight is 491 g/mol. The number of hydrogen-bond donors (Lipinski definition) is 2. The minimum Gasteiger partial charge on any atom is -0.370 e. The largest absolute Gasteiger partial charge is 0.370 e. The Morgan fingerprint density at radius 2 is 2.19 bits per heavy atom. The summed E-state index contributed by atoms with van der Waals surface area (Å²) >= 11 is 0. The molecule has 1 aliphatic heterocycles. The van der Waals surface area contributed by atoms with Gasteiger partial charge in [-0.3, -0.25) is 9.79 Å². The number of rotatable bonds is 6. The fourth-order valence-corrected chi connectivity index (χ4v) is 3.42. The maximum atomic E-state index is 13.9. The lowest BCUT2D eigenvalue weighted by Gasteiger charge is -2.34. The topological polar surface area (TPSA) is 74.0 Å². The Kier molecular flexibility index (Phi) is 10.00. The molecule has 1 aromatic carbocycles. The molecule has 0 spiro atoms. The Morgan fingerprint density at radius 1 is 1.44 bits per heavy atom. The lowest BCUT2D eigenvalue weighted by molar-refractivity contribution is -0.119. The van der Waals surface area contributed by atoms with Gasteiger partial charge in [-0.05, 0) is 50.6 Å². The number of primary amides is 1. The highest BCUT2D eigenvalue weighted by Crippen LogP contribution is 2.19. The van der Waals surface area contributed by atoms with E-state index in [0.29, 0.717) is 25.1 Å². The first-order valence-corrected chi connectivity index (χ1v) is 9.05. The Labute approximate surface area is 178 Å². The van der Waals surface area contributed by atoms with Gasteiger partial charge >= 0.3 is 0 Å². The molecule has 1 saturated heterocycles. The molecule has 3 N–H and O–H groups in total. The first-order chi connectivity index (χ1) is 12.4. The molecule has 152 valence electrons. The van der Waals surface area contributed by atoms with Gasteiger partial charge in [0.2, 0.25) is 5.91 Å². The van der Waals surface area contributed by atoms with Crippen molar-refractivity contribution in [1.29, 1.82) is 0 Å². The molecule has 0 aliphatic carbocycles. The SMILES string of the molecule is CN=C(NCc1ccc(F)c(CN(C)C)c1)N1CCCC(CC(N)=O)C1.I. The van der Waals surface area contributed by atoms with Crippen molar-refractivity contribution in [2.45, 2.75) is 32.4 Å². The van der Waals surface area contributed by atoms with Crippen LogP contribution in [0.2, 0.25) is 0 Å². The van der Waals surface area contributed by atoms with Crippen molar-refractivity contribution >= 4 is 35.8 Å². The third kappa shape index (κ3) is 7.61. The van der Waals surface area contributed by atoms with Crippen LogP contribution in [0.3, 0.4) is 0 Å². The molecular formula is C19H31FIN5O. The summed E-state index contributed by atoms with van der Waals surface area (Å²) in [5, 5.41) is 3.35. The lowest BCUT2D eigenvalue weighted by Crippen LogP contribution is -2.46. The van der Waals surface area contributed by atoms with E-state index in [0.717, 1.165) is 37.5 Å². The smallest absolute Gasteiger partial charge is 0.217 e. The Bertz CT molecular complexity index is 653. The van der Waals surface area contributed by atoms with Crippen LogP contribution in [0.1, 0.15) is 30.4 Å². The maximum Gasteiger partial charge on any atom is 0.217 e. The highest BCUT2D eigenvalue weighted by Gasteiger charge is 2.23. The summed E-state index contributed by atoms with van der Waals surface area (Å²) in [4.78, 5) is 19.7. The van der Waals surface area contributed by atoms with Gasteiger partial charge in [-0.1, -0.05) is 6.07 Å². The minimum atomic E-state index is -0.250. The number of halogens is 2. The summed E-state index contributed by atoms with van der Waals surface area (Å²) in [5.41, 5.74) is 7.03. The zero-order valence-electron chi connectivity index (χ0n) is 16.4. The number of nitrogens with two attached hydrogens (primary N) is 1. The summed E-state index contributed by atoms with van der Waals surface area (Å²) in [6.07, 6.45) is 2.45. The van der Waals surface area contributed by atoms with Gasteiger partial charge in [0.1, 0.15) is 5.82 Å². The zero-order valence-corrected chi connectivity index (χ0v) is 18.7. The molecule has 0 aromatic heterocycles. The summed E-state index contributed by atoms with van der Waals surface area (Å²) in [6.45, 7) is 2.82. The third-order valence-electron chi connectivity index (χ3n) is 4.57. The summed E-state index contributed by atoms with van der Waals surface area (Å²) in [6, 6.07) is 5.20. The molecule has 1 fully saturated rings. The van der Waals surface area contributed by atoms with Crippen molar-refractivity contribution in [3.8, 4) is 0 Å². The number of nitrogens with zero attached hydrogens (tertiary/aromatic N) is 3. The second-order valence-corrected chi connectivity index (χ2v) is 7.19. The molecular weight excluding hydrogens is 460 g/mol. The van der Waals surface area contributed by atoms with Gasteiger partial charge in [0.15, 0.2) is 5.96 Å². The Morgan fingerprint density at radius 3 is 2.81 bits per heavy atom. The van der Waals surface area contributed by atoms with E-state index in [4.69, 9.17) is 5.73 Å². The predicted molar refractivity (Wildman–Crippen MR) is 118 cm³/mol. The molecule has 0 saturated carbocycles. The molecule has 1 aliphatic rings. The standard InChI is InChI=1S/C19H30FN5O.HI/c1-22-19(25-8-4-5-15(12-25)10-18(21)26)23-11-14-6-7-17(20)16(9-14)13-24(2)3;/h6-7,9,15H,4-5,8,10-13H2,1-3H3,(H2,21,26)(H,22,23);1H. The van der Waals surface area contributed by atoms with Crippen LogP contribution in [-0.4, -0.2) is 55.9 Å². The minimum absolute atomic E-state index is 0. The van der Waals surface area contributed by atoms with Gasteiger partial charge in [-0.15, -0.1) is 24.0 Å². The van der Waals surface area contributed by atoms with Gasteiger partial charge in [-0.25, -0.2) is 4.39 Å². The molecule has 1 unspecified atom stereocenters. The highest BCUT2D eigenvalue weighted by atomic mass is 127. The van der Waals surface area contributed by atoms with Crippen LogP contribution in [0.25, 0.3) is 0 Å². The average Bonchev–Trinajstić information content (AvgIpc) is 2.57. The second kappa shape index (κ2) is 11.4. The lowest BCUT2D eigenvalue weighted by atomic mass is 9.95. The van der Waals surface area contributed by atoms with E-state index in [1.54, 1.807) is 13.1 Å². The van der Waals surface area contributed by atoms with Gasteiger partial charge in [-0.2, -0.15) is 0 Å². The van der Waals surface area contributed by atoms with Crippen LogP contribution in [0, 0.1) is 11.7 Å². The second-order valence-electron chi connectivity index (χ2n) is 7.19. The monoisotopic (exact) mass is 491 g/mol. The quantitative estimate of drug-likeness (QED) is 0.364. The highest BCUT2D eigenvalue weighted by molar-refractivity contribution is 14.0. The molecule has 1 aromatic rings. The van der Waals surface area contributed by atoms with Crippen LogP contribution in [0.15, 0.2) is 23.2 Å². The predicted octanol–water partition coefficient (Wildman–Crippen LogP) is 2.17. The van der Waals surface area contributed by atoms with Gasteiger partial charge < -0.3 is 20.9 Å². The van der Waals surface area contributed by atoms with Crippen molar-refractivity contribution in [2.75, 3.05) is 34.2 Å². The number of likely N-dealkylation sites (tertiary alicyclic amines) is 1. The van der Waals surface area contributed by atoms with Crippen molar-refractivity contribution < 1.29 is 9.18 Å². The number of nitrogens with one attached hydrogen (secondary N) is 1. The van der Waals surface area contributed by atoms with E-state index in [1.807, 2.05) is 25.1 Å². The number of carbonyl (C=O) groups is 1. The van der Waals surface area contributed by atoms with E-state index < -0.39 is 0 Å². The molecule has 1 atom stereocenters. The van der Waals surface area contributed by atoms with E-state index in [9.17, 15) is 9.18 Å². The number of benzene rings is 1. The first-order valence-electron chi connectivity index (χ1n) is 9.05. The van der Waals surface area contributed by atoms with E-state index in [2.05, 4.69) is 15.2 Å². The van der Waals surface area contributed by atoms with Crippen molar-refractivity contribution in [2.24, 2.45) is 16.6 Å². The van der Waals surface area contributed by atoms with Crippen LogP contribution >= 0.6 is 24.0 Å². The first kappa shape index (κ1) is 23.6. The van der Waals surface area contributed by atoms with Crippen molar-refractivity contribution in [3.63, 3.8) is 0 Å². The molecule has 0 bridgehead atoms. The summed E-state index contributed by atoms with van der Waals surface area (Å²) < 4.78 is 13.9.